The Hall–Kier alpha value is -1.30. The maximum atomic E-state index is 9.82. The monoisotopic (exact) mass is 342 g/mol. The van der Waals surface area contributed by atoms with Gasteiger partial charge in [-0.2, -0.15) is 0 Å². The maximum Gasteiger partial charge on any atom is 0.302 e. The molecule has 124 valence electrons. The summed E-state index contributed by atoms with van der Waals surface area (Å²) in [6, 6.07) is 10.3. The van der Waals surface area contributed by atoms with Crippen LogP contribution in [-0.4, -0.2) is 41.7 Å². The molecule has 0 aromatic heterocycles. The molecule has 2 N–H and O–H groups in total. The van der Waals surface area contributed by atoms with Gasteiger partial charge in [0.15, 0.2) is 0 Å². The Bertz CT molecular complexity index is 295. The molecule has 0 spiro atoms. The Morgan fingerprint density at radius 1 is 1.24 bits per heavy atom. The number of carbonyl (C=O) groups is 2. The van der Waals surface area contributed by atoms with E-state index >= 15 is 0 Å². The molecular weight excluding hydrogens is 319 g/mol. The summed E-state index contributed by atoms with van der Waals surface area (Å²) in [6.45, 7) is 5.49. The predicted octanol–water partition coefficient (Wildman–Crippen LogP) is 3.30. The van der Waals surface area contributed by atoms with Gasteiger partial charge in [0.05, 0.1) is 11.9 Å². The normalized spacial score (nSPS) is 6.81. The third-order valence-corrected chi connectivity index (χ3v) is 1.29. The topological polar surface area (TPSA) is 83.8 Å². The second-order valence-corrected chi connectivity index (χ2v) is 3.59. The molecule has 0 unspecified atom stereocenters. The average Bonchev–Trinajstić information content (AvgIpc) is 2.44. The second-order valence-electron chi connectivity index (χ2n) is 2.79. The molecular formula is C14H24Cl2O5. The first kappa shape index (κ1) is 27.9. The van der Waals surface area contributed by atoms with Crippen LogP contribution < -0.4 is 0 Å². The molecule has 0 radical (unpaired) electrons. The number of carboxylic acid groups (broad SMARTS) is 1. The van der Waals surface area contributed by atoms with Crippen molar-refractivity contribution in [2.45, 2.75) is 20.8 Å². The van der Waals surface area contributed by atoms with Crippen molar-refractivity contribution in [3.05, 3.63) is 35.9 Å². The molecule has 0 aliphatic carbocycles. The van der Waals surface area contributed by atoms with E-state index in [-0.39, 0.29) is 17.8 Å². The lowest BCUT2D eigenvalue weighted by atomic mass is 10.2. The molecule has 0 bridgehead atoms. The number of benzene rings is 1. The number of hydrogen-bond donors (Lipinski definition) is 2. The van der Waals surface area contributed by atoms with Crippen LogP contribution in [0.1, 0.15) is 19.4 Å². The van der Waals surface area contributed by atoms with Crippen LogP contribution >= 0.6 is 23.2 Å². The Labute approximate surface area is 136 Å². The van der Waals surface area contributed by atoms with Crippen molar-refractivity contribution in [2.75, 3.05) is 19.1 Å². The summed E-state index contributed by atoms with van der Waals surface area (Å²) < 4.78 is 4.40. The number of halogens is 2. The van der Waals surface area contributed by atoms with Crippen LogP contribution in [-0.2, 0) is 14.3 Å². The van der Waals surface area contributed by atoms with Gasteiger partial charge in [-0.3, -0.25) is 9.59 Å². The Morgan fingerprint density at radius 3 is 1.67 bits per heavy atom. The number of hydrogen-bond acceptors (Lipinski definition) is 4. The van der Waals surface area contributed by atoms with E-state index in [9.17, 15) is 4.79 Å². The van der Waals surface area contributed by atoms with E-state index in [0.29, 0.717) is 6.61 Å². The van der Waals surface area contributed by atoms with E-state index in [2.05, 4.69) is 23.8 Å². The summed E-state index contributed by atoms with van der Waals surface area (Å²) in [7, 11) is 1.00. The van der Waals surface area contributed by atoms with Gasteiger partial charge in [-0.15, -0.1) is 23.2 Å². The average molecular weight is 343 g/mol. The SMILES string of the molecule is CCOC(C)=O.CO.Cc1ccccc1.ClCCl.O=CO. The van der Waals surface area contributed by atoms with Gasteiger partial charge in [-0.1, -0.05) is 35.9 Å². The molecule has 21 heavy (non-hydrogen) atoms. The molecule has 0 aliphatic heterocycles. The lowest BCUT2D eigenvalue weighted by molar-refractivity contribution is -0.140. The summed E-state index contributed by atoms with van der Waals surface area (Å²) in [6.07, 6.45) is 0. The molecule has 0 aliphatic rings. The molecule has 5 nitrogen and oxygen atoms in total. The maximum absolute atomic E-state index is 9.82. The first-order valence-corrected chi connectivity index (χ1v) is 6.86. The van der Waals surface area contributed by atoms with E-state index in [4.69, 9.17) is 38.2 Å². The lowest BCUT2D eigenvalue weighted by Crippen LogP contribution is -1.95. The van der Waals surface area contributed by atoms with Crippen LogP contribution in [0.5, 0.6) is 0 Å². The van der Waals surface area contributed by atoms with Crippen LogP contribution in [0, 0.1) is 6.92 Å². The van der Waals surface area contributed by atoms with Gasteiger partial charge < -0.3 is 14.9 Å². The highest BCUT2D eigenvalue weighted by Crippen LogP contribution is 1.92. The standard InChI is InChI=1S/C7H8.C4H8O2.CH2Cl2.CH2O2.CH4O/c1-7-5-3-2-4-6-7;1-3-6-4(2)5;2*2-1-3;1-2/h2-6H,1H3;3H2,1-2H3;1H2;1H,(H,2,3);2H,1H3. The zero-order valence-electron chi connectivity index (χ0n) is 12.8. The van der Waals surface area contributed by atoms with Gasteiger partial charge in [-0.05, 0) is 13.8 Å². The molecule has 1 aromatic carbocycles. The minimum Gasteiger partial charge on any atom is -0.483 e. The minimum atomic E-state index is -0.250. The van der Waals surface area contributed by atoms with Gasteiger partial charge in [0.25, 0.3) is 6.47 Å². The van der Waals surface area contributed by atoms with E-state index in [1.807, 2.05) is 18.2 Å². The van der Waals surface area contributed by atoms with Gasteiger partial charge >= 0.3 is 5.97 Å². The molecule has 7 heteroatoms. The van der Waals surface area contributed by atoms with Crippen molar-refractivity contribution in [1.82, 2.24) is 0 Å². The van der Waals surface area contributed by atoms with Crippen molar-refractivity contribution in [1.29, 1.82) is 0 Å². The number of carbonyl (C=O) groups excluding carboxylic acids is 1. The van der Waals surface area contributed by atoms with Crippen LogP contribution in [0.25, 0.3) is 0 Å². The highest BCUT2D eigenvalue weighted by Gasteiger charge is 1.81. The Morgan fingerprint density at radius 2 is 1.57 bits per heavy atom. The van der Waals surface area contributed by atoms with Gasteiger partial charge in [0.2, 0.25) is 0 Å². The largest absolute Gasteiger partial charge is 0.483 e. The highest BCUT2D eigenvalue weighted by atomic mass is 35.5. The fourth-order valence-corrected chi connectivity index (χ4v) is 0.738. The smallest absolute Gasteiger partial charge is 0.302 e. The van der Waals surface area contributed by atoms with Crippen molar-refractivity contribution >= 4 is 35.6 Å². The second kappa shape index (κ2) is 31.2. The van der Waals surface area contributed by atoms with Crippen LogP contribution in [0.4, 0.5) is 0 Å². The number of aliphatic hydroxyl groups is 1. The summed E-state index contributed by atoms with van der Waals surface area (Å²) >= 11 is 9.53. The van der Waals surface area contributed by atoms with Gasteiger partial charge in [0.1, 0.15) is 0 Å². The Kier molecular flexibility index (Phi) is 41.5. The molecule has 1 aromatic rings. The van der Waals surface area contributed by atoms with Crippen LogP contribution in [0.2, 0.25) is 0 Å². The van der Waals surface area contributed by atoms with Crippen LogP contribution in [0.3, 0.4) is 0 Å². The van der Waals surface area contributed by atoms with Crippen molar-refractivity contribution in [3.63, 3.8) is 0 Å². The summed E-state index contributed by atoms with van der Waals surface area (Å²) in [5.74, 6) is -0.211. The molecule has 0 atom stereocenters. The third-order valence-electron chi connectivity index (χ3n) is 1.29. The van der Waals surface area contributed by atoms with Crippen molar-refractivity contribution < 1.29 is 24.5 Å². The fourth-order valence-electron chi connectivity index (χ4n) is 0.738. The fraction of sp³-hybridized carbons (Fsp3) is 0.429. The molecule has 0 heterocycles. The molecule has 0 amide bonds. The molecule has 1 rings (SSSR count). The van der Waals surface area contributed by atoms with E-state index < -0.39 is 0 Å². The van der Waals surface area contributed by atoms with Gasteiger partial charge in [-0.25, -0.2) is 0 Å². The van der Waals surface area contributed by atoms with Crippen molar-refractivity contribution in [3.8, 4) is 0 Å². The first-order chi connectivity index (χ1) is 9.99. The zero-order valence-corrected chi connectivity index (χ0v) is 14.3. The summed E-state index contributed by atoms with van der Waals surface area (Å²) in [5.41, 5.74) is 1.32. The predicted molar refractivity (Wildman–Crippen MR) is 86.9 cm³/mol. The number of ether oxygens (including phenoxy) is 1. The third kappa shape index (κ3) is 55.4. The molecule has 0 saturated heterocycles. The Balaban J connectivity index is -0.0000000942. The summed E-state index contributed by atoms with van der Waals surface area (Å²) in [5, 5.41) is 14.1. The van der Waals surface area contributed by atoms with Gasteiger partial charge in [0, 0.05) is 14.0 Å². The van der Waals surface area contributed by atoms with E-state index in [0.717, 1.165) is 7.11 Å². The number of esters is 1. The van der Waals surface area contributed by atoms with Crippen LogP contribution in [0.15, 0.2) is 30.3 Å². The molecule has 0 fully saturated rings. The van der Waals surface area contributed by atoms with E-state index in [1.54, 1.807) is 6.92 Å². The summed E-state index contributed by atoms with van der Waals surface area (Å²) in [4.78, 5) is 18.2. The first-order valence-electron chi connectivity index (χ1n) is 5.79. The zero-order chi connectivity index (χ0) is 17.5. The molecule has 0 saturated carbocycles. The number of rotatable bonds is 1. The van der Waals surface area contributed by atoms with E-state index in [1.165, 1.54) is 12.5 Å². The minimum absolute atomic E-state index is 0.194. The van der Waals surface area contributed by atoms with Crippen molar-refractivity contribution in [2.24, 2.45) is 0 Å². The quantitative estimate of drug-likeness (QED) is 0.464. The number of aliphatic hydroxyl groups excluding tert-OH is 1. The number of aryl methyl sites for hydroxylation is 1. The lowest BCUT2D eigenvalue weighted by Gasteiger charge is -1.89. The highest BCUT2D eigenvalue weighted by molar-refractivity contribution is 6.40. The number of alkyl halides is 2.